The zero-order valence-electron chi connectivity index (χ0n) is 16.0. The lowest BCUT2D eigenvalue weighted by Crippen LogP contribution is -2.50. The van der Waals surface area contributed by atoms with Gasteiger partial charge in [-0.05, 0) is 35.9 Å². The molecule has 1 saturated heterocycles. The molecule has 29 heavy (non-hydrogen) atoms. The first-order chi connectivity index (χ1) is 13.9. The number of rotatable bonds is 4. The molecule has 0 bridgehead atoms. The molecule has 7 nitrogen and oxygen atoms in total. The molecule has 154 valence electrons. The van der Waals surface area contributed by atoms with Gasteiger partial charge in [-0.25, -0.2) is 13.2 Å². The third-order valence-corrected chi connectivity index (χ3v) is 8.75. The summed E-state index contributed by atoms with van der Waals surface area (Å²) in [5.74, 6) is -1.19. The number of anilines is 1. The lowest BCUT2D eigenvalue weighted by molar-refractivity contribution is -0.143. The summed E-state index contributed by atoms with van der Waals surface area (Å²) in [4.78, 5) is 27.3. The highest BCUT2D eigenvalue weighted by atomic mass is 32.2. The van der Waals surface area contributed by atoms with Gasteiger partial charge in [0.1, 0.15) is 10.3 Å². The fraction of sp³-hybridized carbons (Fsp3) is 0.400. The number of hydrogen-bond donors (Lipinski definition) is 0. The van der Waals surface area contributed by atoms with Crippen molar-refractivity contribution >= 4 is 38.9 Å². The van der Waals surface area contributed by atoms with E-state index in [2.05, 4.69) is 0 Å². The standard InChI is InChI=1S/C20H22N2O5S2/c1-27-20(24)17-12-14-6-2-3-8-16(14)22(17)19(23)15-7-4-10-21(13-15)29(25,26)18-9-5-11-28-18/h2-3,5-6,8-9,11,15,17H,4,7,10,12-13H2,1H3. The van der Waals surface area contributed by atoms with E-state index in [0.29, 0.717) is 31.5 Å². The summed E-state index contributed by atoms with van der Waals surface area (Å²) in [5, 5.41) is 1.72. The van der Waals surface area contributed by atoms with Crippen LogP contribution >= 0.6 is 11.3 Å². The van der Waals surface area contributed by atoms with Gasteiger partial charge in [0.25, 0.3) is 10.0 Å². The molecular weight excluding hydrogens is 412 g/mol. The number of carbonyl (C=O) groups excluding carboxylic acids is 2. The van der Waals surface area contributed by atoms with Crippen molar-refractivity contribution in [3.05, 3.63) is 47.3 Å². The van der Waals surface area contributed by atoms with Crippen LogP contribution in [0.1, 0.15) is 18.4 Å². The van der Waals surface area contributed by atoms with Gasteiger partial charge in [-0.3, -0.25) is 9.69 Å². The number of carbonyl (C=O) groups is 2. The fourth-order valence-electron chi connectivity index (χ4n) is 4.08. The molecule has 1 fully saturated rings. The summed E-state index contributed by atoms with van der Waals surface area (Å²) in [7, 11) is -2.30. The Morgan fingerprint density at radius 2 is 1.97 bits per heavy atom. The summed E-state index contributed by atoms with van der Waals surface area (Å²) < 4.78 is 32.4. The first-order valence-electron chi connectivity index (χ1n) is 9.46. The maximum Gasteiger partial charge on any atom is 0.329 e. The zero-order chi connectivity index (χ0) is 20.6. The molecule has 3 heterocycles. The number of esters is 1. The molecular formula is C20H22N2O5S2. The Hall–Kier alpha value is -2.23. The quantitative estimate of drug-likeness (QED) is 0.690. The first kappa shape index (κ1) is 20.1. The van der Waals surface area contributed by atoms with Gasteiger partial charge < -0.3 is 4.74 Å². The van der Waals surface area contributed by atoms with Crippen molar-refractivity contribution in [1.82, 2.24) is 4.31 Å². The monoisotopic (exact) mass is 434 g/mol. The molecule has 1 aromatic heterocycles. The molecule has 9 heteroatoms. The first-order valence-corrected chi connectivity index (χ1v) is 11.8. The second-order valence-electron chi connectivity index (χ2n) is 7.21. The number of amides is 1. The molecule has 2 aliphatic rings. The summed E-state index contributed by atoms with van der Waals surface area (Å²) in [6, 6.07) is 9.98. The molecule has 0 N–H and O–H groups in total. The van der Waals surface area contributed by atoms with Crippen LogP contribution in [0, 0.1) is 5.92 Å². The van der Waals surface area contributed by atoms with Gasteiger partial charge in [-0.2, -0.15) is 4.31 Å². The van der Waals surface area contributed by atoms with Gasteiger partial charge in [0, 0.05) is 25.2 Å². The smallest absolute Gasteiger partial charge is 0.329 e. The molecule has 1 amide bonds. The van der Waals surface area contributed by atoms with Crippen molar-refractivity contribution in [1.29, 1.82) is 0 Å². The van der Waals surface area contributed by atoms with Crippen LogP contribution in [0.25, 0.3) is 0 Å². The minimum atomic E-state index is -3.61. The van der Waals surface area contributed by atoms with Crippen LogP contribution in [0.5, 0.6) is 0 Å². The maximum atomic E-state index is 13.5. The Balaban J connectivity index is 1.60. The van der Waals surface area contributed by atoms with Crippen molar-refractivity contribution in [2.75, 3.05) is 25.1 Å². The SMILES string of the molecule is COC(=O)C1Cc2ccccc2N1C(=O)C1CCCN(S(=O)(=O)c2cccs2)C1. The highest BCUT2D eigenvalue weighted by Crippen LogP contribution is 2.35. The predicted molar refractivity (Wildman–Crippen MR) is 109 cm³/mol. The number of hydrogen-bond acceptors (Lipinski definition) is 6. The topological polar surface area (TPSA) is 84.0 Å². The number of nitrogens with zero attached hydrogens (tertiary/aromatic N) is 2. The number of para-hydroxylation sites is 1. The molecule has 0 saturated carbocycles. The van der Waals surface area contributed by atoms with E-state index < -0.39 is 28.0 Å². The van der Waals surface area contributed by atoms with E-state index in [0.717, 1.165) is 5.56 Å². The Kier molecular flexibility index (Phi) is 5.46. The van der Waals surface area contributed by atoms with Crippen molar-refractivity contribution in [2.45, 2.75) is 29.5 Å². The highest BCUT2D eigenvalue weighted by Gasteiger charge is 2.43. The van der Waals surface area contributed by atoms with Gasteiger partial charge in [-0.15, -0.1) is 11.3 Å². The summed E-state index contributed by atoms with van der Waals surface area (Å²) in [5.41, 5.74) is 1.61. The second kappa shape index (κ2) is 7.89. The molecule has 0 spiro atoms. The van der Waals surface area contributed by atoms with Crippen molar-refractivity contribution in [2.24, 2.45) is 5.92 Å². The molecule has 1 aromatic carbocycles. The van der Waals surface area contributed by atoms with Crippen molar-refractivity contribution in [3.8, 4) is 0 Å². The predicted octanol–water partition coefficient (Wildman–Crippen LogP) is 2.28. The Bertz CT molecular complexity index is 1020. The van der Waals surface area contributed by atoms with Gasteiger partial charge >= 0.3 is 5.97 Å². The lowest BCUT2D eigenvalue weighted by Gasteiger charge is -2.34. The average Bonchev–Trinajstić information content (AvgIpc) is 3.41. The summed E-state index contributed by atoms with van der Waals surface area (Å²) in [6.45, 7) is 0.507. The Morgan fingerprint density at radius 3 is 2.69 bits per heavy atom. The van der Waals surface area contributed by atoms with E-state index in [1.165, 1.54) is 27.7 Å². The summed E-state index contributed by atoms with van der Waals surface area (Å²) in [6.07, 6.45) is 1.58. The van der Waals surface area contributed by atoms with E-state index in [1.54, 1.807) is 17.5 Å². The highest BCUT2D eigenvalue weighted by molar-refractivity contribution is 7.91. The number of fused-ring (bicyclic) bond motifs is 1. The van der Waals surface area contributed by atoms with Crippen LogP contribution in [0.2, 0.25) is 0 Å². The van der Waals surface area contributed by atoms with Gasteiger partial charge in [0.2, 0.25) is 5.91 Å². The minimum Gasteiger partial charge on any atom is -0.467 e. The average molecular weight is 435 g/mol. The van der Waals surface area contributed by atoms with Crippen LogP contribution in [-0.4, -0.2) is 50.8 Å². The second-order valence-corrected chi connectivity index (χ2v) is 10.3. The maximum absolute atomic E-state index is 13.5. The van der Waals surface area contributed by atoms with Gasteiger partial charge in [-0.1, -0.05) is 24.3 Å². The molecule has 4 rings (SSSR count). The number of piperidine rings is 1. The van der Waals surface area contributed by atoms with E-state index in [1.807, 2.05) is 24.3 Å². The largest absolute Gasteiger partial charge is 0.467 e. The van der Waals surface area contributed by atoms with Gasteiger partial charge in [0.15, 0.2) is 0 Å². The van der Waals surface area contributed by atoms with Crippen LogP contribution in [0.4, 0.5) is 5.69 Å². The molecule has 0 aliphatic carbocycles. The summed E-state index contributed by atoms with van der Waals surface area (Å²) >= 11 is 1.17. The lowest BCUT2D eigenvalue weighted by atomic mass is 9.97. The van der Waals surface area contributed by atoms with E-state index in [4.69, 9.17) is 4.74 Å². The molecule has 0 radical (unpaired) electrons. The number of methoxy groups -OCH3 is 1. The van der Waals surface area contributed by atoms with Crippen LogP contribution in [0.3, 0.4) is 0 Å². The number of ether oxygens (including phenoxy) is 1. The Morgan fingerprint density at radius 1 is 1.17 bits per heavy atom. The third-order valence-electron chi connectivity index (χ3n) is 5.51. The van der Waals surface area contributed by atoms with E-state index in [9.17, 15) is 18.0 Å². The van der Waals surface area contributed by atoms with Crippen molar-refractivity contribution in [3.63, 3.8) is 0 Å². The number of thiophene rings is 1. The molecule has 2 atom stereocenters. The van der Waals surface area contributed by atoms with E-state index in [-0.39, 0.29) is 16.7 Å². The minimum absolute atomic E-state index is 0.117. The number of sulfonamides is 1. The van der Waals surface area contributed by atoms with Crippen molar-refractivity contribution < 1.29 is 22.7 Å². The zero-order valence-corrected chi connectivity index (χ0v) is 17.6. The molecule has 2 aromatic rings. The fourth-order valence-corrected chi connectivity index (χ4v) is 6.75. The van der Waals surface area contributed by atoms with E-state index >= 15 is 0 Å². The number of benzene rings is 1. The molecule has 2 unspecified atom stereocenters. The molecule has 2 aliphatic heterocycles. The van der Waals surface area contributed by atoms with Crippen LogP contribution < -0.4 is 4.90 Å². The third kappa shape index (κ3) is 3.58. The Labute approximate surface area is 173 Å². The van der Waals surface area contributed by atoms with Crippen LogP contribution in [0.15, 0.2) is 46.0 Å². The normalized spacial score (nSPS) is 22.3. The van der Waals surface area contributed by atoms with Gasteiger partial charge in [0.05, 0.1) is 13.0 Å². The van der Waals surface area contributed by atoms with Crippen LogP contribution in [-0.2, 0) is 30.8 Å².